The minimum Gasteiger partial charge on any atom is -0.368 e. The highest BCUT2D eigenvalue weighted by Gasteiger charge is 2.39. The largest absolute Gasteiger partial charge is 0.368 e. The van der Waals surface area contributed by atoms with Crippen molar-refractivity contribution >= 4 is 38.9 Å². The summed E-state index contributed by atoms with van der Waals surface area (Å²) in [5.41, 5.74) is 7.25. The second-order valence-electron chi connectivity index (χ2n) is 5.00. The maximum Gasteiger partial charge on any atom is 0.253 e. The number of carbonyl (C=O) groups excluding carboxylic acids is 1. The summed E-state index contributed by atoms with van der Waals surface area (Å²) in [6, 6.07) is 9.53. The third kappa shape index (κ3) is 2.65. The fourth-order valence-electron chi connectivity index (χ4n) is 2.55. The summed E-state index contributed by atoms with van der Waals surface area (Å²) in [6.07, 6.45) is 0.282. The molecule has 0 saturated heterocycles. The van der Waals surface area contributed by atoms with Crippen molar-refractivity contribution in [2.75, 3.05) is 0 Å². The summed E-state index contributed by atoms with van der Waals surface area (Å²) in [5.74, 6) is -0.652. The molecule has 1 amide bonds. The number of primary amides is 1. The van der Waals surface area contributed by atoms with E-state index in [1.165, 1.54) is 16.4 Å². The van der Waals surface area contributed by atoms with E-state index in [-0.39, 0.29) is 17.2 Å². The summed E-state index contributed by atoms with van der Waals surface area (Å²) in [5, 5.41) is 0. The van der Waals surface area contributed by atoms with E-state index in [0.29, 0.717) is 4.34 Å². The number of rotatable bonds is 3. The molecular weight excluding hydrogens is 344 g/mol. The Bertz CT molecular complexity index is 832. The van der Waals surface area contributed by atoms with Crippen molar-refractivity contribution in [2.24, 2.45) is 5.73 Å². The number of nitrogens with two attached hydrogens (primary N) is 1. The molecule has 22 heavy (non-hydrogen) atoms. The highest BCUT2D eigenvalue weighted by Crippen LogP contribution is 2.33. The lowest BCUT2D eigenvalue weighted by Crippen LogP contribution is -2.50. The van der Waals surface area contributed by atoms with Crippen LogP contribution in [0, 0.1) is 0 Å². The molecule has 0 spiro atoms. The Hall–Kier alpha value is -1.41. The maximum atomic E-state index is 12.8. The number of fused-ring (bicyclic) bond motifs is 1. The van der Waals surface area contributed by atoms with Crippen LogP contribution in [-0.4, -0.2) is 24.7 Å². The molecule has 2 N–H and O–H groups in total. The Morgan fingerprint density at radius 3 is 2.50 bits per heavy atom. The van der Waals surface area contributed by atoms with Crippen molar-refractivity contribution in [3.8, 4) is 0 Å². The van der Waals surface area contributed by atoms with Gasteiger partial charge in [-0.2, -0.15) is 4.31 Å². The Labute approximate surface area is 137 Å². The molecule has 0 saturated carbocycles. The van der Waals surface area contributed by atoms with Gasteiger partial charge in [-0.05, 0) is 29.7 Å². The molecule has 1 aromatic carbocycles. The molecule has 5 nitrogen and oxygen atoms in total. The molecule has 116 valence electrons. The van der Waals surface area contributed by atoms with Crippen LogP contribution in [0.25, 0.3) is 0 Å². The number of carbonyl (C=O) groups is 1. The Balaban J connectivity index is 2.06. The number of sulfonamides is 1. The van der Waals surface area contributed by atoms with Gasteiger partial charge in [0, 0.05) is 6.54 Å². The van der Waals surface area contributed by atoms with E-state index in [1.54, 1.807) is 0 Å². The SMILES string of the molecule is NC(=O)[C@H]1Cc2ccccc2CN1S(=O)(=O)c1ccc(Cl)s1. The van der Waals surface area contributed by atoms with Crippen LogP contribution in [-0.2, 0) is 27.8 Å². The molecule has 1 aliphatic rings. The molecule has 0 unspecified atom stereocenters. The van der Waals surface area contributed by atoms with Crippen LogP contribution in [0.1, 0.15) is 11.1 Å². The van der Waals surface area contributed by atoms with Crippen LogP contribution < -0.4 is 5.73 Å². The minimum atomic E-state index is -3.81. The van der Waals surface area contributed by atoms with Gasteiger partial charge < -0.3 is 5.73 Å². The van der Waals surface area contributed by atoms with Crippen LogP contribution in [0.2, 0.25) is 4.34 Å². The monoisotopic (exact) mass is 356 g/mol. The zero-order chi connectivity index (χ0) is 15.9. The van der Waals surface area contributed by atoms with Crippen LogP contribution >= 0.6 is 22.9 Å². The number of hydrogen-bond acceptors (Lipinski definition) is 4. The first-order valence-electron chi connectivity index (χ1n) is 6.53. The van der Waals surface area contributed by atoms with E-state index < -0.39 is 22.0 Å². The van der Waals surface area contributed by atoms with E-state index in [9.17, 15) is 13.2 Å². The predicted octanol–water partition coefficient (Wildman–Crippen LogP) is 2.00. The Morgan fingerprint density at radius 1 is 1.23 bits per heavy atom. The van der Waals surface area contributed by atoms with Gasteiger partial charge in [0.25, 0.3) is 10.0 Å². The first-order chi connectivity index (χ1) is 10.4. The Kier molecular flexibility index (Phi) is 3.98. The summed E-state index contributed by atoms with van der Waals surface area (Å²) in [4.78, 5) is 11.8. The second kappa shape index (κ2) is 5.66. The molecule has 2 heterocycles. The van der Waals surface area contributed by atoms with Gasteiger partial charge in [0.05, 0.1) is 4.34 Å². The van der Waals surface area contributed by atoms with E-state index in [4.69, 9.17) is 17.3 Å². The molecule has 1 aromatic heterocycles. The summed E-state index contributed by atoms with van der Waals surface area (Å²) >= 11 is 6.80. The van der Waals surface area contributed by atoms with Gasteiger partial charge >= 0.3 is 0 Å². The molecule has 1 atom stereocenters. The van der Waals surface area contributed by atoms with Gasteiger partial charge in [0.15, 0.2) is 0 Å². The Morgan fingerprint density at radius 2 is 1.91 bits per heavy atom. The lowest BCUT2D eigenvalue weighted by atomic mass is 9.96. The predicted molar refractivity (Wildman–Crippen MR) is 85.2 cm³/mol. The van der Waals surface area contributed by atoms with E-state index >= 15 is 0 Å². The zero-order valence-electron chi connectivity index (χ0n) is 11.4. The normalized spacial score (nSPS) is 18.9. The quantitative estimate of drug-likeness (QED) is 0.913. The van der Waals surface area contributed by atoms with Crippen molar-refractivity contribution in [3.05, 3.63) is 51.9 Å². The minimum absolute atomic E-state index is 0.114. The summed E-state index contributed by atoms with van der Waals surface area (Å²) < 4.78 is 27.3. The topological polar surface area (TPSA) is 80.5 Å². The molecule has 0 aliphatic carbocycles. The van der Waals surface area contributed by atoms with E-state index in [0.717, 1.165) is 22.5 Å². The fourth-order valence-corrected chi connectivity index (χ4v) is 5.73. The molecule has 0 fully saturated rings. The van der Waals surface area contributed by atoms with Crippen molar-refractivity contribution in [3.63, 3.8) is 0 Å². The lowest BCUT2D eigenvalue weighted by molar-refractivity contribution is -0.122. The number of nitrogens with zero attached hydrogens (tertiary/aromatic N) is 1. The fraction of sp³-hybridized carbons (Fsp3) is 0.214. The van der Waals surface area contributed by atoms with Crippen LogP contribution in [0.15, 0.2) is 40.6 Å². The van der Waals surface area contributed by atoms with Gasteiger partial charge in [-0.25, -0.2) is 8.42 Å². The van der Waals surface area contributed by atoms with Crippen LogP contribution in [0.3, 0.4) is 0 Å². The molecule has 0 bridgehead atoms. The highest BCUT2D eigenvalue weighted by atomic mass is 35.5. The van der Waals surface area contributed by atoms with Gasteiger partial charge in [0.1, 0.15) is 10.3 Å². The smallest absolute Gasteiger partial charge is 0.253 e. The summed E-state index contributed by atoms with van der Waals surface area (Å²) in [6.45, 7) is 0.127. The van der Waals surface area contributed by atoms with Gasteiger partial charge in [-0.15, -0.1) is 11.3 Å². The van der Waals surface area contributed by atoms with E-state index in [1.807, 2.05) is 24.3 Å². The average Bonchev–Trinajstić information content (AvgIpc) is 2.93. The van der Waals surface area contributed by atoms with Crippen LogP contribution in [0.4, 0.5) is 0 Å². The number of amides is 1. The molecule has 1 aliphatic heterocycles. The molecule has 3 rings (SSSR count). The number of thiophene rings is 1. The molecule has 8 heteroatoms. The number of halogens is 1. The molecule has 0 radical (unpaired) electrons. The van der Waals surface area contributed by atoms with Gasteiger partial charge in [0.2, 0.25) is 5.91 Å². The van der Waals surface area contributed by atoms with E-state index in [2.05, 4.69) is 0 Å². The standard InChI is InChI=1S/C14H13ClN2O3S2/c15-12-5-6-13(21-12)22(19,20)17-8-10-4-2-1-3-9(10)7-11(17)14(16)18/h1-6,11H,7-8H2,(H2,16,18)/t11-/m1/s1. The molecule has 2 aromatic rings. The third-order valence-corrected chi connectivity index (χ3v) is 7.20. The number of benzene rings is 1. The average molecular weight is 357 g/mol. The first kappa shape index (κ1) is 15.5. The van der Waals surface area contributed by atoms with Crippen molar-refractivity contribution in [2.45, 2.75) is 23.2 Å². The van der Waals surface area contributed by atoms with Crippen molar-refractivity contribution in [1.29, 1.82) is 0 Å². The molecular formula is C14H13ClN2O3S2. The number of hydrogen-bond donors (Lipinski definition) is 1. The maximum absolute atomic E-state index is 12.8. The second-order valence-corrected chi connectivity index (χ2v) is 8.83. The highest BCUT2D eigenvalue weighted by molar-refractivity contribution is 7.91. The van der Waals surface area contributed by atoms with Gasteiger partial charge in [-0.3, -0.25) is 4.79 Å². The third-order valence-electron chi connectivity index (χ3n) is 3.65. The zero-order valence-corrected chi connectivity index (χ0v) is 13.8. The van der Waals surface area contributed by atoms with Crippen LogP contribution in [0.5, 0.6) is 0 Å². The van der Waals surface area contributed by atoms with Crippen molar-refractivity contribution < 1.29 is 13.2 Å². The van der Waals surface area contributed by atoms with Gasteiger partial charge in [-0.1, -0.05) is 35.9 Å². The summed E-state index contributed by atoms with van der Waals surface area (Å²) in [7, 11) is -3.81. The lowest BCUT2D eigenvalue weighted by Gasteiger charge is -2.33. The van der Waals surface area contributed by atoms with Crippen molar-refractivity contribution in [1.82, 2.24) is 4.31 Å². The first-order valence-corrected chi connectivity index (χ1v) is 9.16.